The van der Waals surface area contributed by atoms with E-state index in [-0.39, 0.29) is 11.5 Å². The van der Waals surface area contributed by atoms with Crippen LogP contribution in [0.5, 0.6) is 11.5 Å². The fraction of sp³-hybridized carbons (Fsp3) is 0.250. The van der Waals surface area contributed by atoms with E-state index in [2.05, 4.69) is 34.3 Å². The van der Waals surface area contributed by atoms with Crippen molar-refractivity contribution in [2.24, 2.45) is 11.0 Å². The number of hydrazone groups is 1. The molecule has 0 atom stereocenters. The van der Waals surface area contributed by atoms with Gasteiger partial charge in [0.05, 0.1) is 25.6 Å². The fourth-order valence-electron chi connectivity index (χ4n) is 2.89. The zero-order valence-electron chi connectivity index (χ0n) is 18.3. The van der Waals surface area contributed by atoms with Crippen molar-refractivity contribution in [1.82, 2.24) is 9.97 Å². The number of anilines is 1. The summed E-state index contributed by atoms with van der Waals surface area (Å²) in [5.41, 5.74) is 3.87. The highest BCUT2D eigenvalue weighted by Gasteiger charge is 2.13. The molecule has 8 nitrogen and oxygen atoms in total. The van der Waals surface area contributed by atoms with Gasteiger partial charge in [-0.15, -0.1) is 0 Å². The minimum Gasteiger partial charge on any atom is -0.493 e. The van der Waals surface area contributed by atoms with Gasteiger partial charge in [0.2, 0.25) is 5.95 Å². The number of hydrogen-bond donors (Lipinski definition) is 2. The van der Waals surface area contributed by atoms with Crippen LogP contribution >= 0.6 is 0 Å². The van der Waals surface area contributed by atoms with E-state index < -0.39 is 5.56 Å². The summed E-state index contributed by atoms with van der Waals surface area (Å²) in [6, 6.07) is 16.4. The van der Waals surface area contributed by atoms with Crippen LogP contribution in [-0.4, -0.2) is 29.9 Å². The van der Waals surface area contributed by atoms with E-state index in [4.69, 9.17) is 9.47 Å². The van der Waals surface area contributed by atoms with Crippen molar-refractivity contribution in [3.05, 3.63) is 70.0 Å². The summed E-state index contributed by atoms with van der Waals surface area (Å²) in [7, 11) is 1.59. The molecule has 1 heterocycles. The molecule has 3 aromatic rings. The Hall–Kier alpha value is -4.12. The Kier molecular flexibility index (Phi) is 7.60. The van der Waals surface area contributed by atoms with Crippen LogP contribution in [0.15, 0.2) is 58.4 Å². The highest BCUT2D eigenvalue weighted by atomic mass is 16.5. The Morgan fingerprint density at radius 2 is 2.00 bits per heavy atom. The van der Waals surface area contributed by atoms with Gasteiger partial charge in [-0.2, -0.15) is 10.4 Å². The third-order valence-electron chi connectivity index (χ3n) is 4.60. The highest BCUT2D eigenvalue weighted by molar-refractivity contribution is 5.81. The molecule has 0 aliphatic heterocycles. The standard InChI is InChI=1S/C24H25N5O3/c1-16(2)11-12-32-21-13-17(9-10-20(21)31-3)15-26-29-24-27-22(18-7-5-4-6-8-18)19(14-25)23(30)28-24/h4-10,13,15-16H,11-12H2,1-3H3,(H2,27,28,29,30). The lowest BCUT2D eigenvalue weighted by Gasteiger charge is -2.12. The molecule has 0 aliphatic carbocycles. The molecule has 0 amide bonds. The second kappa shape index (κ2) is 10.8. The number of nitrogens with one attached hydrogen (secondary N) is 2. The zero-order valence-corrected chi connectivity index (χ0v) is 18.3. The first kappa shape index (κ1) is 22.6. The van der Waals surface area contributed by atoms with Gasteiger partial charge in [-0.25, -0.2) is 10.4 Å². The van der Waals surface area contributed by atoms with Crippen LogP contribution in [0.1, 0.15) is 31.4 Å². The molecule has 0 saturated heterocycles. The molecule has 0 unspecified atom stereocenters. The second-order valence-corrected chi connectivity index (χ2v) is 7.43. The van der Waals surface area contributed by atoms with E-state index in [0.29, 0.717) is 35.3 Å². The maximum absolute atomic E-state index is 12.3. The molecule has 164 valence electrons. The average molecular weight is 431 g/mol. The Balaban J connectivity index is 1.79. The number of nitrogens with zero attached hydrogens (tertiary/aromatic N) is 3. The minimum atomic E-state index is -0.538. The van der Waals surface area contributed by atoms with E-state index in [0.717, 1.165) is 12.0 Å². The molecule has 0 saturated carbocycles. The number of hydrogen-bond acceptors (Lipinski definition) is 7. The van der Waals surface area contributed by atoms with Gasteiger partial charge in [0.15, 0.2) is 11.5 Å². The molecule has 0 bridgehead atoms. The number of benzene rings is 2. The van der Waals surface area contributed by atoms with Crippen molar-refractivity contribution in [2.75, 3.05) is 19.1 Å². The Labute approximate surface area is 186 Å². The van der Waals surface area contributed by atoms with Gasteiger partial charge < -0.3 is 9.47 Å². The van der Waals surface area contributed by atoms with Crippen LogP contribution in [0, 0.1) is 17.2 Å². The van der Waals surface area contributed by atoms with Gasteiger partial charge in [-0.3, -0.25) is 9.78 Å². The summed E-state index contributed by atoms with van der Waals surface area (Å²) < 4.78 is 11.2. The van der Waals surface area contributed by atoms with Crippen molar-refractivity contribution in [1.29, 1.82) is 5.26 Å². The van der Waals surface area contributed by atoms with Crippen molar-refractivity contribution in [2.45, 2.75) is 20.3 Å². The van der Waals surface area contributed by atoms with Gasteiger partial charge in [-0.05, 0) is 36.1 Å². The summed E-state index contributed by atoms with van der Waals surface area (Å²) in [5, 5.41) is 13.5. The maximum Gasteiger partial charge on any atom is 0.270 e. The van der Waals surface area contributed by atoms with Gasteiger partial charge in [0.1, 0.15) is 11.6 Å². The molecule has 8 heteroatoms. The minimum absolute atomic E-state index is 0.0518. The van der Waals surface area contributed by atoms with Crippen LogP contribution in [0.2, 0.25) is 0 Å². The molecule has 1 aromatic heterocycles. The van der Waals surface area contributed by atoms with Crippen LogP contribution < -0.4 is 20.5 Å². The summed E-state index contributed by atoms with van der Waals surface area (Å²) >= 11 is 0. The lowest BCUT2D eigenvalue weighted by molar-refractivity contribution is 0.273. The predicted octanol–water partition coefficient (Wildman–Crippen LogP) is 4.19. The zero-order chi connectivity index (χ0) is 22.9. The van der Waals surface area contributed by atoms with E-state index >= 15 is 0 Å². The summed E-state index contributed by atoms with van der Waals surface area (Å²) in [5.74, 6) is 1.95. The van der Waals surface area contributed by atoms with Crippen molar-refractivity contribution in [3.8, 4) is 28.8 Å². The van der Waals surface area contributed by atoms with Gasteiger partial charge in [-0.1, -0.05) is 44.2 Å². The van der Waals surface area contributed by atoms with Gasteiger partial charge in [0, 0.05) is 5.56 Å². The molecule has 32 heavy (non-hydrogen) atoms. The number of aromatic nitrogens is 2. The third-order valence-corrected chi connectivity index (χ3v) is 4.60. The topological polar surface area (TPSA) is 112 Å². The molecule has 2 N–H and O–H groups in total. The first-order chi connectivity index (χ1) is 15.5. The number of aromatic amines is 1. The van der Waals surface area contributed by atoms with Crippen molar-refractivity contribution in [3.63, 3.8) is 0 Å². The Morgan fingerprint density at radius 3 is 2.69 bits per heavy atom. The van der Waals surface area contributed by atoms with E-state index in [1.807, 2.05) is 36.4 Å². The monoisotopic (exact) mass is 431 g/mol. The Bertz CT molecular complexity index is 1180. The Morgan fingerprint density at radius 1 is 1.22 bits per heavy atom. The van der Waals surface area contributed by atoms with Crippen LogP contribution in [0.25, 0.3) is 11.3 Å². The van der Waals surface area contributed by atoms with Gasteiger partial charge in [0.25, 0.3) is 5.56 Å². The second-order valence-electron chi connectivity index (χ2n) is 7.43. The van der Waals surface area contributed by atoms with E-state index in [9.17, 15) is 10.1 Å². The molecular formula is C24H25N5O3. The number of methoxy groups -OCH3 is 1. The predicted molar refractivity (Wildman–Crippen MR) is 124 cm³/mol. The van der Waals surface area contributed by atoms with Crippen molar-refractivity contribution < 1.29 is 9.47 Å². The van der Waals surface area contributed by atoms with Crippen LogP contribution in [0.4, 0.5) is 5.95 Å². The molecule has 0 aliphatic rings. The lowest BCUT2D eigenvalue weighted by Crippen LogP contribution is -2.16. The summed E-state index contributed by atoms with van der Waals surface area (Å²) in [4.78, 5) is 19.2. The number of H-pyrrole nitrogens is 1. The maximum atomic E-state index is 12.3. The largest absolute Gasteiger partial charge is 0.493 e. The average Bonchev–Trinajstić information content (AvgIpc) is 2.79. The van der Waals surface area contributed by atoms with Crippen LogP contribution in [-0.2, 0) is 0 Å². The lowest BCUT2D eigenvalue weighted by atomic mass is 10.1. The molecule has 0 radical (unpaired) electrons. The fourth-order valence-corrected chi connectivity index (χ4v) is 2.89. The number of nitriles is 1. The summed E-state index contributed by atoms with van der Waals surface area (Å²) in [6.45, 7) is 4.87. The normalized spacial score (nSPS) is 10.8. The SMILES string of the molecule is COc1ccc(C=NNc2nc(-c3ccccc3)c(C#N)c(=O)[nH]2)cc1OCCC(C)C. The molecule has 2 aromatic carbocycles. The first-order valence-corrected chi connectivity index (χ1v) is 10.2. The van der Waals surface area contributed by atoms with E-state index in [1.54, 1.807) is 31.5 Å². The molecular weight excluding hydrogens is 406 g/mol. The van der Waals surface area contributed by atoms with Crippen molar-refractivity contribution >= 4 is 12.2 Å². The number of rotatable bonds is 9. The molecule has 0 spiro atoms. The summed E-state index contributed by atoms with van der Waals surface area (Å²) in [6.07, 6.45) is 2.51. The number of ether oxygens (including phenoxy) is 2. The first-order valence-electron chi connectivity index (χ1n) is 10.2. The quantitative estimate of drug-likeness (QED) is 0.388. The van der Waals surface area contributed by atoms with Gasteiger partial charge >= 0.3 is 0 Å². The van der Waals surface area contributed by atoms with E-state index in [1.165, 1.54) is 0 Å². The molecule has 3 rings (SSSR count). The third kappa shape index (κ3) is 5.73. The van der Waals surface area contributed by atoms with Crippen LogP contribution in [0.3, 0.4) is 0 Å². The smallest absolute Gasteiger partial charge is 0.270 e. The molecule has 0 fully saturated rings. The highest BCUT2D eigenvalue weighted by Crippen LogP contribution is 2.28.